The van der Waals surface area contributed by atoms with Crippen LogP contribution in [-0.4, -0.2) is 39.1 Å². The number of carbonyl (C=O) groups is 1. The van der Waals surface area contributed by atoms with Gasteiger partial charge in [-0.15, -0.1) is 0 Å². The molecule has 0 unspecified atom stereocenters. The van der Waals surface area contributed by atoms with E-state index < -0.39 is 0 Å². The highest BCUT2D eigenvalue weighted by atomic mass is 79.9. The van der Waals surface area contributed by atoms with E-state index in [-0.39, 0.29) is 12.5 Å². The first-order valence-corrected chi connectivity index (χ1v) is 10.7. The van der Waals surface area contributed by atoms with Gasteiger partial charge in [-0.2, -0.15) is 0 Å². The Balaban J connectivity index is 0.00000155. The lowest BCUT2D eigenvalue weighted by atomic mass is 10.1. The molecule has 0 spiro atoms. The molecule has 160 valence electrons. The second-order valence-corrected chi connectivity index (χ2v) is 7.37. The quantitative estimate of drug-likeness (QED) is 0.597. The molecule has 3 N–H and O–H groups in total. The second kappa shape index (κ2) is 12.1. The normalized spacial score (nSPS) is 14.4. The monoisotopic (exact) mass is 472 g/mol. The number of nitrogens with two attached hydrogens (primary N) is 1. The average Bonchev–Trinajstić information content (AvgIpc) is 2.79. The number of ether oxygens (including phenoxy) is 1. The van der Waals surface area contributed by atoms with E-state index in [0.29, 0.717) is 6.54 Å². The van der Waals surface area contributed by atoms with Crippen molar-refractivity contribution in [2.45, 2.75) is 19.8 Å². The summed E-state index contributed by atoms with van der Waals surface area (Å²) in [6, 6.07) is 16.5. The zero-order valence-corrected chi connectivity index (χ0v) is 19.3. The Kier molecular flexibility index (Phi) is 9.57. The van der Waals surface area contributed by atoms with E-state index in [0.717, 1.165) is 45.8 Å². The molecule has 3 rings (SSSR count). The Morgan fingerprint density at radius 3 is 2.67 bits per heavy atom. The third-order valence-electron chi connectivity index (χ3n) is 4.45. The van der Waals surface area contributed by atoms with Gasteiger partial charge >= 0.3 is 5.97 Å². The summed E-state index contributed by atoms with van der Waals surface area (Å²) in [5.41, 5.74) is 8.81. The Hall–Kier alpha value is -2.64. The first-order valence-electron chi connectivity index (χ1n) is 9.90. The summed E-state index contributed by atoms with van der Waals surface area (Å²) in [6.07, 6.45) is 4.32. The summed E-state index contributed by atoms with van der Waals surface area (Å²) in [5.74, 6) is 0.375. The van der Waals surface area contributed by atoms with Crippen molar-refractivity contribution in [2.75, 3.05) is 37.5 Å². The maximum Gasteiger partial charge on any atom is 0.327 e. The number of benzene rings is 2. The van der Waals surface area contributed by atoms with Gasteiger partial charge in [-0.25, -0.2) is 0 Å². The van der Waals surface area contributed by atoms with E-state index in [9.17, 15) is 4.79 Å². The summed E-state index contributed by atoms with van der Waals surface area (Å²) in [6.45, 7) is 2.72. The van der Waals surface area contributed by atoms with Crippen molar-refractivity contribution in [1.29, 1.82) is 0 Å². The van der Waals surface area contributed by atoms with Crippen LogP contribution in [0.2, 0.25) is 0 Å². The van der Waals surface area contributed by atoms with E-state index in [4.69, 9.17) is 4.74 Å². The van der Waals surface area contributed by atoms with Crippen LogP contribution >= 0.6 is 15.9 Å². The minimum atomic E-state index is -0.356. The van der Waals surface area contributed by atoms with Crippen molar-refractivity contribution >= 4 is 44.8 Å². The fourth-order valence-electron chi connectivity index (χ4n) is 3.08. The number of esters is 1. The Morgan fingerprint density at radius 1 is 1.27 bits per heavy atom. The molecule has 30 heavy (non-hydrogen) atoms. The van der Waals surface area contributed by atoms with Crippen LogP contribution in [0, 0.1) is 0 Å². The molecule has 0 radical (unpaired) electrons. The van der Waals surface area contributed by atoms with Crippen molar-refractivity contribution in [3.05, 3.63) is 64.6 Å². The highest BCUT2D eigenvalue weighted by molar-refractivity contribution is 9.10. The van der Waals surface area contributed by atoms with E-state index in [2.05, 4.69) is 68.1 Å². The van der Waals surface area contributed by atoms with Crippen molar-refractivity contribution in [1.82, 2.24) is 0 Å². The second-order valence-electron chi connectivity index (χ2n) is 6.46. The summed E-state index contributed by atoms with van der Waals surface area (Å²) in [7, 11) is 2.87. The summed E-state index contributed by atoms with van der Waals surface area (Å²) in [5, 5.41) is 3.35. The van der Waals surface area contributed by atoms with E-state index >= 15 is 0 Å². The lowest BCUT2D eigenvalue weighted by Gasteiger charge is -2.35. The molecule has 6 nitrogen and oxygen atoms in total. The number of nitrogens with zero attached hydrogens (tertiary/aromatic N) is 2. The van der Waals surface area contributed by atoms with E-state index in [1.807, 2.05) is 30.3 Å². The Morgan fingerprint density at radius 2 is 2.00 bits per heavy atom. The number of fused-ring (bicyclic) bond motifs is 1. The van der Waals surface area contributed by atoms with Crippen molar-refractivity contribution in [3.63, 3.8) is 0 Å². The number of carbonyl (C=O) groups excluding carboxylic acids is 1. The molecule has 0 aromatic heterocycles. The predicted molar refractivity (Wildman–Crippen MR) is 129 cm³/mol. The van der Waals surface area contributed by atoms with Gasteiger partial charge in [0.05, 0.1) is 25.0 Å². The number of amidine groups is 1. The standard InChI is InChI=1S/C22H24BrN3O2.CH5N/c1-3-4-10-19(16-8-6-5-7-9-16)26-15-21(24-14-22(27)28-2)25-18-13-17(23)11-12-20(18)26;1-2/h5-13H,3-4,14-15H2,1-2H3,(H,24,25);2H2,1H3/b19-10+;. The van der Waals surface area contributed by atoms with Crippen LogP contribution in [-0.2, 0) is 9.53 Å². The van der Waals surface area contributed by atoms with Gasteiger partial charge in [0.25, 0.3) is 0 Å². The van der Waals surface area contributed by atoms with Crippen LogP contribution in [0.25, 0.3) is 5.70 Å². The highest BCUT2D eigenvalue weighted by Gasteiger charge is 2.24. The molecule has 2 aromatic carbocycles. The number of nitrogens with one attached hydrogen (secondary N) is 1. The summed E-state index contributed by atoms with van der Waals surface area (Å²) < 4.78 is 5.70. The van der Waals surface area contributed by atoms with Crippen molar-refractivity contribution in [3.8, 4) is 0 Å². The zero-order valence-electron chi connectivity index (χ0n) is 17.7. The molecule has 0 aliphatic carbocycles. The minimum Gasteiger partial charge on any atom is -0.468 e. The third-order valence-corrected chi connectivity index (χ3v) is 4.94. The fraction of sp³-hybridized carbons (Fsp3) is 0.304. The smallest absolute Gasteiger partial charge is 0.327 e. The molecule has 0 fully saturated rings. The summed E-state index contributed by atoms with van der Waals surface area (Å²) in [4.78, 5) is 18.2. The number of methoxy groups -OCH3 is 1. The molecule has 1 aliphatic heterocycles. The van der Waals surface area contributed by atoms with Gasteiger partial charge in [-0.05, 0) is 37.2 Å². The number of rotatable bonds is 6. The molecule has 0 amide bonds. The number of allylic oxidation sites excluding steroid dienone is 1. The first kappa shape index (κ1) is 23.6. The van der Waals surface area contributed by atoms with Crippen LogP contribution in [0.1, 0.15) is 25.3 Å². The van der Waals surface area contributed by atoms with Gasteiger partial charge in [0.2, 0.25) is 0 Å². The van der Waals surface area contributed by atoms with Crippen LogP contribution in [0.4, 0.5) is 11.4 Å². The number of anilines is 2. The highest BCUT2D eigenvalue weighted by Crippen LogP contribution is 2.37. The lowest BCUT2D eigenvalue weighted by Crippen LogP contribution is -2.37. The van der Waals surface area contributed by atoms with Gasteiger partial charge in [0, 0.05) is 10.2 Å². The van der Waals surface area contributed by atoms with Gasteiger partial charge in [-0.1, -0.05) is 65.7 Å². The van der Waals surface area contributed by atoms with Crippen LogP contribution in [0.3, 0.4) is 0 Å². The van der Waals surface area contributed by atoms with E-state index in [1.54, 1.807) is 0 Å². The molecule has 0 saturated heterocycles. The molecule has 0 atom stereocenters. The van der Waals surface area contributed by atoms with Crippen LogP contribution in [0.15, 0.2) is 64.1 Å². The number of aliphatic imine (C=N–C) groups is 1. The lowest BCUT2D eigenvalue weighted by molar-refractivity contribution is -0.138. The fourth-order valence-corrected chi connectivity index (χ4v) is 3.44. The topological polar surface area (TPSA) is 80.0 Å². The molecule has 1 aliphatic rings. The number of hydrogen-bond donors (Lipinski definition) is 2. The van der Waals surface area contributed by atoms with Crippen LogP contribution in [0.5, 0.6) is 0 Å². The molecular formula is C23H29BrN4O2. The summed E-state index contributed by atoms with van der Waals surface area (Å²) >= 11 is 3.54. The molecule has 0 bridgehead atoms. The number of halogens is 1. The van der Waals surface area contributed by atoms with Gasteiger partial charge in [-0.3, -0.25) is 9.79 Å². The van der Waals surface area contributed by atoms with Gasteiger partial charge in [0.15, 0.2) is 0 Å². The number of unbranched alkanes of at least 4 members (excludes halogenated alkanes) is 1. The molecule has 2 aromatic rings. The van der Waals surface area contributed by atoms with E-state index in [1.165, 1.54) is 14.2 Å². The maximum absolute atomic E-state index is 11.5. The molecule has 7 heteroatoms. The zero-order chi connectivity index (χ0) is 21.9. The SMILES string of the molecule is CCC/C=C(\c1ccccc1)N1CC(=NCC(=O)OC)Nc2cc(Br)ccc21.CN. The van der Waals surface area contributed by atoms with Gasteiger partial charge in [0.1, 0.15) is 12.4 Å². The number of hydrogen-bond acceptors (Lipinski definition) is 5. The first-order chi connectivity index (χ1) is 14.6. The molecular weight excluding hydrogens is 444 g/mol. The third kappa shape index (κ3) is 6.18. The molecule has 0 saturated carbocycles. The predicted octanol–water partition coefficient (Wildman–Crippen LogP) is 4.67. The Labute approximate surface area is 187 Å². The van der Waals surface area contributed by atoms with Crippen molar-refractivity contribution < 1.29 is 9.53 Å². The van der Waals surface area contributed by atoms with Gasteiger partial charge < -0.3 is 20.7 Å². The average molecular weight is 473 g/mol. The Bertz CT molecular complexity index is 897. The van der Waals surface area contributed by atoms with Crippen molar-refractivity contribution in [2.24, 2.45) is 10.7 Å². The maximum atomic E-state index is 11.5. The largest absolute Gasteiger partial charge is 0.468 e. The van der Waals surface area contributed by atoms with Crippen LogP contribution < -0.4 is 16.0 Å². The molecule has 1 heterocycles. The minimum absolute atomic E-state index is 0.00461.